The maximum Gasteiger partial charge on any atom is 0.300 e. The maximum atomic E-state index is 9.00. The number of fused-ring (bicyclic) bond motifs is 8. The summed E-state index contributed by atoms with van der Waals surface area (Å²) < 4.78 is 0. The van der Waals surface area contributed by atoms with Crippen LogP contribution in [-0.4, -0.2) is 93.8 Å². The van der Waals surface area contributed by atoms with Gasteiger partial charge < -0.3 is 40.4 Å². The highest BCUT2D eigenvalue weighted by molar-refractivity contribution is 5.89. The van der Waals surface area contributed by atoms with Gasteiger partial charge in [0.2, 0.25) is 0 Å². The van der Waals surface area contributed by atoms with Crippen molar-refractivity contribution in [3.05, 3.63) is 89.2 Å². The maximum absolute atomic E-state index is 9.00. The summed E-state index contributed by atoms with van der Waals surface area (Å²) in [6.45, 7) is 6.31. The third-order valence-corrected chi connectivity index (χ3v) is 5.59. The van der Waals surface area contributed by atoms with Crippen LogP contribution >= 0.6 is 0 Å². The van der Waals surface area contributed by atoms with Crippen LogP contribution in [0.1, 0.15) is 63.0 Å². The molecular weight excluding hydrogens is 662 g/mol. The molecule has 51 heavy (non-hydrogen) atoms. The van der Waals surface area contributed by atoms with Gasteiger partial charge in [-0.3, -0.25) is 24.0 Å². The molecule has 270 valence electrons. The zero-order valence-electron chi connectivity index (χ0n) is 28.9. The number of H-pyrrole nitrogens is 2. The highest BCUT2D eigenvalue weighted by atomic mass is 16.4. The lowest BCUT2D eigenvalue weighted by Crippen LogP contribution is -2.13. The number of hydrogen-bond donors (Lipinski definition) is 7. The number of aliphatic carboxylic acids is 5. The minimum absolute atomic E-state index is 0.833. The van der Waals surface area contributed by atoms with Gasteiger partial charge in [0.05, 0.1) is 22.8 Å². The van der Waals surface area contributed by atoms with Crippen LogP contribution in [0, 0.1) is 0 Å². The fraction of sp³-hybridized carbons (Fsp3) is 0.194. The van der Waals surface area contributed by atoms with Crippen LogP contribution in [0.2, 0.25) is 0 Å². The number of carboxylic acids is 5. The first-order chi connectivity index (χ1) is 23.8. The van der Waals surface area contributed by atoms with E-state index in [-0.39, 0.29) is 0 Å². The summed E-state index contributed by atoms with van der Waals surface area (Å²) in [6, 6.07) is 14.6. The lowest BCUT2D eigenvalue weighted by molar-refractivity contribution is -0.135. The van der Waals surface area contributed by atoms with Crippen molar-refractivity contribution in [1.29, 1.82) is 0 Å². The normalized spacial score (nSPS) is 11.5. The number of hydrogen-bond acceptors (Lipinski definition) is 8. The first-order valence-corrected chi connectivity index (χ1v) is 15.0. The van der Waals surface area contributed by atoms with Crippen LogP contribution in [0.3, 0.4) is 0 Å². The van der Waals surface area contributed by atoms with E-state index in [1.54, 1.807) is 0 Å². The zero-order valence-corrected chi connectivity index (χ0v) is 28.9. The first-order valence-electron chi connectivity index (χ1n) is 15.0. The molecule has 0 fully saturated rings. The Morgan fingerprint density at radius 3 is 1.31 bits per heavy atom. The quantitative estimate of drug-likeness (QED) is 0.107. The molecule has 8 bridgehead atoms. The van der Waals surface area contributed by atoms with E-state index >= 15 is 0 Å². The molecule has 6 rings (SSSR count). The van der Waals surface area contributed by atoms with Crippen LogP contribution in [-0.2, 0) is 24.0 Å². The summed E-state index contributed by atoms with van der Waals surface area (Å²) in [4.78, 5) is 63.7. The van der Waals surface area contributed by atoms with Crippen molar-refractivity contribution in [2.75, 3.05) is 13.6 Å². The molecule has 6 heterocycles. The average molecular weight is 704 g/mol. The number of carbonyl (C=O) groups is 5. The third-order valence-electron chi connectivity index (χ3n) is 5.59. The third kappa shape index (κ3) is 19.0. The van der Waals surface area contributed by atoms with Gasteiger partial charge in [-0.1, -0.05) is 6.08 Å². The molecule has 0 radical (unpaired) electrons. The van der Waals surface area contributed by atoms with Crippen molar-refractivity contribution in [3.8, 4) is 0 Å². The molecule has 3 aromatic rings. The van der Waals surface area contributed by atoms with Crippen LogP contribution in [0.15, 0.2) is 60.8 Å². The molecule has 3 aliphatic heterocycles. The number of aromatic nitrogens is 4. The van der Waals surface area contributed by atoms with Crippen molar-refractivity contribution >= 4 is 81.8 Å². The van der Waals surface area contributed by atoms with Gasteiger partial charge >= 0.3 is 0 Å². The van der Waals surface area contributed by atoms with E-state index in [0.29, 0.717) is 0 Å². The largest absolute Gasteiger partial charge is 0.481 e. The number of nitrogens with zero attached hydrogens (tertiary/aromatic N) is 3. The first kappa shape index (κ1) is 42.3. The Bertz CT molecular complexity index is 1910. The molecule has 3 aromatic heterocycles. The summed E-state index contributed by atoms with van der Waals surface area (Å²) >= 11 is 0. The lowest BCUT2D eigenvalue weighted by Gasteiger charge is -2.16. The Labute approximate surface area is 293 Å². The van der Waals surface area contributed by atoms with Crippen molar-refractivity contribution in [2.45, 2.75) is 34.6 Å². The topological polar surface area (TPSA) is 247 Å². The van der Waals surface area contributed by atoms with Gasteiger partial charge in [-0.05, 0) is 84.6 Å². The van der Waals surface area contributed by atoms with E-state index in [9.17, 15) is 0 Å². The number of carboxylic acid groups (broad SMARTS) is 5. The molecule has 0 aliphatic carbocycles. The van der Waals surface area contributed by atoms with Crippen LogP contribution in [0.25, 0.3) is 51.9 Å². The second kappa shape index (κ2) is 21.3. The Hall–Kier alpha value is -6.77. The fourth-order valence-electron chi connectivity index (χ4n) is 4.04. The average Bonchev–Trinajstić information content (AvgIpc) is 3.78. The highest BCUT2D eigenvalue weighted by Crippen LogP contribution is 2.27. The van der Waals surface area contributed by atoms with Crippen molar-refractivity contribution in [1.82, 2.24) is 24.8 Å². The van der Waals surface area contributed by atoms with Gasteiger partial charge in [-0.2, -0.15) is 0 Å². The molecule has 0 atom stereocenters. The van der Waals surface area contributed by atoms with E-state index in [0.717, 1.165) is 86.0 Å². The molecule has 0 unspecified atom stereocenters. The van der Waals surface area contributed by atoms with Gasteiger partial charge in [-0.25, -0.2) is 9.97 Å². The molecular formula is C36H41N5O10. The summed E-state index contributed by atoms with van der Waals surface area (Å²) in [5.74, 6) is -4.17. The van der Waals surface area contributed by atoms with E-state index in [2.05, 4.69) is 88.8 Å². The molecule has 0 saturated heterocycles. The summed E-state index contributed by atoms with van der Waals surface area (Å²) in [5, 5.41) is 37.1. The SMILES string of the molecule is CC(=O)O.CC(=O)O.CC(=O)O.CC(=O)O.CC(=O)O.CN1C=CC(c2cc3cc4nc(cc5ccc(cc6nc(cc2[nH]3)C=C6)[nH]5)C=C4)=CC1. The molecule has 15 nitrogen and oxygen atoms in total. The van der Waals surface area contributed by atoms with Crippen LogP contribution in [0.5, 0.6) is 0 Å². The van der Waals surface area contributed by atoms with E-state index < -0.39 is 29.8 Å². The number of rotatable bonds is 1. The van der Waals surface area contributed by atoms with Gasteiger partial charge in [0.15, 0.2) is 0 Å². The van der Waals surface area contributed by atoms with Gasteiger partial charge in [0.25, 0.3) is 29.8 Å². The second-order valence-corrected chi connectivity index (χ2v) is 10.6. The van der Waals surface area contributed by atoms with Crippen LogP contribution < -0.4 is 0 Å². The zero-order chi connectivity index (χ0) is 38.7. The summed E-state index contributed by atoms with van der Waals surface area (Å²) in [6.07, 6.45) is 14.7. The molecule has 0 saturated carbocycles. The van der Waals surface area contributed by atoms with Gasteiger partial charge in [0, 0.05) is 75.8 Å². The second-order valence-electron chi connectivity index (χ2n) is 10.6. The number of nitrogens with one attached hydrogen (secondary N) is 2. The Morgan fingerprint density at radius 2 is 0.941 bits per heavy atom. The number of allylic oxidation sites excluding steroid dienone is 2. The summed E-state index contributed by atoms with van der Waals surface area (Å²) in [5.41, 5.74) is 10.2. The lowest BCUT2D eigenvalue weighted by atomic mass is 10.0. The Morgan fingerprint density at radius 1 is 0.569 bits per heavy atom. The molecule has 0 amide bonds. The standard InChI is InChI=1S/C26H21N5.5C2H4O2/c1-31-10-8-17(9-11-31)25-15-24-14-22-5-4-20(28-22)12-18-2-3-19(27-18)13-21-6-7-23(29-21)16-26(25)30-24;5*1-2(3)4/h2-10,12-16,27,30H,11H2,1H3;5*1H3,(H,3,4). The van der Waals surface area contributed by atoms with Crippen molar-refractivity contribution in [2.24, 2.45) is 0 Å². The Kier molecular flexibility index (Phi) is 17.6. The smallest absolute Gasteiger partial charge is 0.300 e. The molecule has 7 N–H and O–H groups in total. The van der Waals surface area contributed by atoms with Crippen LogP contribution in [0.4, 0.5) is 0 Å². The minimum Gasteiger partial charge on any atom is -0.481 e. The monoisotopic (exact) mass is 703 g/mol. The molecule has 0 aromatic carbocycles. The fourth-order valence-corrected chi connectivity index (χ4v) is 4.04. The predicted octanol–water partition coefficient (Wildman–Crippen LogP) is 5.95. The van der Waals surface area contributed by atoms with E-state index in [1.165, 1.54) is 11.1 Å². The van der Waals surface area contributed by atoms with Gasteiger partial charge in [-0.15, -0.1) is 0 Å². The van der Waals surface area contributed by atoms with Gasteiger partial charge in [0.1, 0.15) is 0 Å². The minimum atomic E-state index is -0.833. The molecule has 15 heteroatoms. The van der Waals surface area contributed by atoms with E-state index in [1.807, 2.05) is 18.2 Å². The highest BCUT2D eigenvalue weighted by Gasteiger charge is 2.10. The van der Waals surface area contributed by atoms with E-state index in [4.69, 9.17) is 59.5 Å². The Balaban J connectivity index is 0.000000540. The van der Waals surface area contributed by atoms with Crippen molar-refractivity contribution < 1.29 is 49.5 Å². The summed E-state index contributed by atoms with van der Waals surface area (Å²) in [7, 11) is 2.08. The number of aromatic amines is 2. The number of likely N-dealkylation sites (N-methyl/N-ethyl adjacent to an activating group) is 1. The van der Waals surface area contributed by atoms with Crippen molar-refractivity contribution in [3.63, 3.8) is 0 Å². The molecule has 3 aliphatic rings. The predicted molar refractivity (Wildman–Crippen MR) is 195 cm³/mol. The molecule has 0 spiro atoms.